The Hall–Kier alpha value is -3.10. The number of ether oxygens (including phenoxy) is 2. The number of aliphatic hydroxyl groups is 1. The molecule has 9 heteroatoms. The molecule has 1 fully saturated rings. The number of rotatable bonds is 6. The average molecular weight is 488 g/mol. The zero-order valence-electron chi connectivity index (χ0n) is 19.3. The van der Waals surface area contributed by atoms with Crippen LogP contribution in [0.25, 0.3) is 10.8 Å². The number of hydrogen-bond acceptors (Lipinski definition) is 6. The molecule has 0 spiro atoms. The van der Waals surface area contributed by atoms with E-state index in [9.17, 15) is 14.3 Å². The number of benzene rings is 2. The lowest BCUT2D eigenvalue weighted by atomic mass is 10.0. The summed E-state index contributed by atoms with van der Waals surface area (Å²) in [5.74, 6) is 0.948. The van der Waals surface area contributed by atoms with Crippen molar-refractivity contribution in [2.75, 3.05) is 25.5 Å². The third kappa shape index (κ3) is 5.18. The van der Waals surface area contributed by atoms with Gasteiger partial charge in [0.25, 0.3) is 5.91 Å². The van der Waals surface area contributed by atoms with Crippen molar-refractivity contribution >= 4 is 39.8 Å². The molecule has 180 valence electrons. The van der Waals surface area contributed by atoms with Crippen molar-refractivity contribution < 1.29 is 23.8 Å². The summed E-state index contributed by atoms with van der Waals surface area (Å²) in [6, 6.07) is 9.99. The van der Waals surface area contributed by atoms with Gasteiger partial charge in [-0.3, -0.25) is 4.79 Å². The number of carbonyl (C=O) groups excluding carboxylic acids is 1. The number of pyridine rings is 1. The standard InChI is InChI=1S/C25H27ClFN3O4/c1-25(2,32)24(31)30-10-7-17(8-11-30)34-22-14-18-15(12-21(22)33-3)6-9-28-23(18)29-16-4-5-20(27)19(26)13-16/h4-6,9,12-14,17,32H,7-8,10-11H2,1-3H3,(H,28,29). The van der Waals surface area contributed by atoms with Gasteiger partial charge in [-0.25, -0.2) is 9.37 Å². The molecule has 1 amide bonds. The second-order valence-electron chi connectivity index (χ2n) is 8.81. The van der Waals surface area contributed by atoms with E-state index in [0.29, 0.717) is 48.9 Å². The summed E-state index contributed by atoms with van der Waals surface area (Å²) in [5, 5.41) is 14.9. The van der Waals surface area contributed by atoms with Crippen LogP contribution < -0.4 is 14.8 Å². The first kappa shape index (κ1) is 24.0. The van der Waals surface area contributed by atoms with Crippen LogP contribution in [0.1, 0.15) is 26.7 Å². The van der Waals surface area contributed by atoms with Gasteiger partial charge in [0.1, 0.15) is 23.3 Å². The number of piperidine rings is 1. The van der Waals surface area contributed by atoms with E-state index < -0.39 is 11.4 Å². The van der Waals surface area contributed by atoms with E-state index >= 15 is 0 Å². The van der Waals surface area contributed by atoms with Crippen molar-refractivity contribution in [2.24, 2.45) is 0 Å². The third-order valence-corrected chi connectivity index (χ3v) is 6.07. The van der Waals surface area contributed by atoms with Crippen molar-refractivity contribution in [1.82, 2.24) is 9.88 Å². The maximum Gasteiger partial charge on any atom is 0.253 e. The Balaban J connectivity index is 1.56. The van der Waals surface area contributed by atoms with Crippen LogP contribution in [-0.4, -0.2) is 52.8 Å². The molecule has 0 aliphatic carbocycles. The molecule has 1 aliphatic heterocycles. The Kier molecular flexibility index (Phi) is 6.81. The smallest absolute Gasteiger partial charge is 0.253 e. The number of aromatic nitrogens is 1. The number of hydrogen-bond donors (Lipinski definition) is 2. The predicted molar refractivity (Wildman–Crippen MR) is 130 cm³/mol. The summed E-state index contributed by atoms with van der Waals surface area (Å²) in [6.07, 6.45) is 2.83. The maximum absolute atomic E-state index is 13.5. The lowest BCUT2D eigenvalue weighted by Crippen LogP contribution is -2.49. The molecular formula is C25H27ClFN3O4. The highest BCUT2D eigenvalue weighted by molar-refractivity contribution is 6.31. The summed E-state index contributed by atoms with van der Waals surface area (Å²) in [6.45, 7) is 4.00. The highest BCUT2D eigenvalue weighted by Crippen LogP contribution is 2.37. The van der Waals surface area contributed by atoms with Crippen LogP contribution in [0.15, 0.2) is 42.6 Å². The predicted octanol–water partition coefficient (Wildman–Crippen LogP) is 4.92. The van der Waals surface area contributed by atoms with E-state index in [1.165, 1.54) is 26.0 Å². The Morgan fingerprint density at radius 2 is 1.94 bits per heavy atom. The number of anilines is 2. The quantitative estimate of drug-likeness (QED) is 0.513. The first-order valence-corrected chi connectivity index (χ1v) is 11.4. The molecule has 1 aromatic heterocycles. The molecule has 1 saturated heterocycles. The lowest BCUT2D eigenvalue weighted by molar-refractivity contribution is -0.149. The normalized spacial score (nSPS) is 14.8. The molecular weight excluding hydrogens is 461 g/mol. The number of carbonyl (C=O) groups is 1. The van der Waals surface area contributed by atoms with Crippen molar-refractivity contribution in [3.8, 4) is 11.5 Å². The molecule has 1 aliphatic rings. The van der Waals surface area contributed by atoms with E-state index in [1.54, 1.807) is 24.3 Å². The number of methoxy groups -OCH3 is 1. The van der Waals surface area contributed by atoms with Gasteiger partial charge in [-0.2, -0.15) is 0 Å². The Labute approximate surface area is 202 Å². The van der Waals surface area contributed by atoms with E-state index in [1.807, 2.05) is 18.2 Å². The fourth-order valence-corrected chi connectivity index (χ4v) is 4.17. The molecule has 0 radical (unpaired) electrons. The van der Waals surface area contributed by atoms with Crippen molar-refractivity contribution in [2.45, 2.75) is 38.4 Å². The Bertz CT molecular complexity index is 1210. The van der Waals surface area contributed by atoms with Gasteiger partial charge in [0.2, 0.25) is 0 Å². The van der Waals surface area contributed by atoms with Crippen LogP contribution in [0.3, 0.4) is 0 Å². The van der Waals surface area contributed by atoms with Gasteiger partial charge in [-0.05, 0) is 55.6 Å². The van der Waals surface area contributed by atoms with Crippen LogP contribution in [0.4, 0.5) is 15.9 Å². The van der Waals surface area contributed by atoms with Crippen LogP contribution in [0, 0.1) is 5.82 Å². The molecule has 0 atom stereocenters. The van der Waals surface area contributed by atoms with Crippen LogP contribution in [0.5, 0.6) is 11.5 Å². The minimum absolute atomic E-state index is 0.0188. The highest BCUT2D eigenvalue weighted by atomic mass is 35.5. The highest BCUT2D eigenvalue weighted by Gasteiger charge is 2.32. The molecule has 0 saturated carbocycles. The summed E-state index contributed by atoms with van der Waals surface area (Å²) >= 11 is 5.92. The van der Waals surface area contributed by atoms with Crippen molar-refractivity contribution in [1.29, 1.82) is 0 Å². The van der Waals surface area contributed by atoms with Crippen LogP contribution in [-0.2, 0) is 4.79 Å². The second-order valence-corrected chi connectivity index (χ2v) is 9.21. The zero-order valence-corrected chi connectivity index (χ0v) is 20.0. The number of likely N-dealkylation sites (tertiary alicyclic amines) is 1. The van der Waals surface area contributed by atoms with Crippen LogP contribution in [0.2, 0.25) is 5.02 Å². The molecule has 7 nitrogen and oxygen atoms in total. The molecule has 0 bridgehead atoms. The largest absolute Gasteiger partial charge is 0.493 e. The summed E-state index contributed by atoms with van der Waals surface area (Å²) in [4.78, 5) is 18.4. The molecule has 4 rings (SSSR count). The SMILES string of the molecule is COc1cc2ccnc(Nc3ccc(F)c(Cl)c3)c2cc1OC1CCN(C(=O)C(C)(C)O)CC1. The lowest BCUT2D eigenvalue weighted by Gasteiger charge is -2.35. The molecule has 2 N–H and O–H groups in total. The van der Waals surface area contributed by atoms with E-state index in [4.69, 9.17) is 21.1 Å². The van der Waals surface area contributed by atoms with Crippen molar-refractivity contribution in [3.63, 3.8) is 0 Å². The minimum Gasteiger partial charge on any atom is -0.493 e. The van der Waals surface area contributed by atoms with Gasteiger partial charge in [0.05, 0.1) is 12.1 Å². The molecule has 2 aromatic carbocycles. The number of amides is 1. The number of fused-ring (bicyclic) bond motifs is 1. The number of nitrogens with zero attached hydrogens (tertiary/aromatic N) is 2. The maximum atomic E-state index is 13.5. The van der Waals surface area contributed by atoms with Crippen LogP contribution >= 0.6 is 11.6 Å². The van der Waals surface area contributed by atoms with Gasteiger partial charge >= 0.3 is 0 Å². The summed E-state index contributed by atoms with van der Waals surface area (Å²) < 4.78 is 25.4. The van der Waals surface area contributed by atoms with Gasteiger partial charge in [-0.1, -0.05) is 11.6 Å². The van der Waals surface area contributed by atoms with Gasteiger partial charge in [0.15, 0.2) is 11.5 Å². The van der Waals surface area contributed by atoms with Gasteiger partial charge in [-0.15, -0.1) is 0 Å². The first-order valence-electron chi connectivity index (χ1n) is 11.0. The number of halogens is 2. The minimum atomic E-state index is -1.39. The molecule has 0 unspecified atom stereocenters. The van der Waals surface area contributed by atoms with E-state index in [0.717, 1.165) is 10.8 Å². The molecule has 3 aromatic rings. The van der Waals surface area contributed by atoms with E-state index in [2.05, 4.69) is 10.3 Å². The Morgan fingerprint density at radius 3 is 2.59 bits per heavy atom. The topological polar surface area (TPSA) is 83.9 Å². The Morgan fingerprint density at radius 1 is 1.21 bits per heavy atom. The van der Waals surface area contributed by atoms with Crippen molar-refractivity contribution in [3.05, 3.63) is 53.4 Å². The monoisotopic (exact) mass is 487 g/mol. The van der Waals surface area contributed by atoms with E-state index in [-0.39, 0.29) is 17.0 Å². The first-order chi connectivity index (χ1) is 16.2. The third-order valence-electron chi connectivity index (χ3n) is 5.78. The fraction of sp³-hybridized carbons (Fsp3) is 0.360. The van der Waals surface area contributed by atoms with Gasteiger partial charge in [0, 0.05) is 43.2 Å². The average Bonchev–Trinajstić information content (AvgIpc) is 2.81. The summed E-state index contributed by atoms with van der Waals surface area (Å²) in [7, 11) is 1.58. The van der Waals surface area contributed by atoms with Gasteiger partial charge < -0.3 is 24.8 Å². The zero-order chi connectivity index (χ0) is 24.5. The second kappa shape index (κ2) is 9.64. The summed E-state index contributed by atoms with van der Waals surface area (Å²) in [5.41, 5.74) is -0.783. The fourth-order valence-electron chi connectivity index (χ4n) is 3.99. The number of nitrogens with one attached hydrogen (secondary N) is 1. The molecule has 34 heavy (non-hydrogen) atoms. The molecule has 2 heterocycles.